The van der Waals surface area contributed by atoms with Gasteiger partial charge in [0.2, 0.25) is 0 Å². The highest BCUT2D eigenvalue weighted by molar-refractivity contribution is 9.10. The van der Waals surface area contributed by atoms with Gasteiger partial charge < -0.3 is 15.2 Å². The number of ether oxygens (including phenoxy) is 2. The van der Waals surface area contributed by atoms with Crippen LogP contribution in [0.1, 0.15) is 18.0 Å². The lowest BCUT2D eigenvalue weighted by molar-refractivity contribution is -0.141. The third kappa shape index (κ3) is 3.41. The predicted octanol–water partition coefficient (Wildman–Crippen LogP) is 2.16. The number of carbonyl (C=O) groups is 1. The zero-order chi connectivity index (χ0) is 13.0. The second kappa shape index (κ2) is 5.97. The van der Waals surface area contributed by atoms with Crippen molar-refractivity contribution >= 4 is 21.9 Å². The molecule has 0 spiro atoms. The number of methoxy groups -OCH3 is 2. The highest BCUT2D eigenvalue weighted by Crippen LogP contribution is 2.30. The highest BCUT2D eigenvalue weighted by Gasteiger charge is 2.16. The van der Waals surface area contributed by atoms with Gasteiger partial charge in [0.05, 0.1) is 25.1 Å². The number of rotatable bonds is 4. The standard InChI is InChI=1S/C11H13BrFNO3/c1-16-9-4-6(3-7(12)11(9)13)8(14)5-10(15)17-2/h3-4,8H,5,14H2,1-2H3. The minimum atomic E-state index is -0.562. The van der Waals surface area contributed by atoms with Crippen molar-refractivity contribution in [2.45, 2.75) is 12.5 Å². The summed E-state index contributed by atoms with van der Waals surface area (Å²) in [5.74, 6) is -0.840. The summed E-state index contributed by atoms with van der Waals surface area (Å²) in [6, 6.07) is 2.42. The van der Waals surface area contributed by atoms with Crippen LogP contribution in [-0.4, -0.2) is 20.2 Å². The summed E-state index contributed by atoms with van der Waals surface area (Å²) < 4.78 is 23.1. The van der Waals surface area contributed by atoms with E-state index in [9.17, 15) is 9.18 Å². The Balaban J connectivity index is 2.98. The SMILES string of the molecule is COC(=O)CC(N)c1cc(Br)c(F)c(OC)c1. The summed E-state index contributed by atoms with van der Waals surface area (Å²) in [7, 11) is 2.65. The summed E-state index contributed by atoms with van der Waals surface area (Å²) in [5, 5.41) is 0. The minimum absolute atomic E-state index is 0.0255. The van der Waals surface area contributed by atoms with Gasteiger partial charge in [0, 0.05) is 6.04 Å². The molecule has 0 amide bonds. The van der Waals surface area contributed by atoms with Crippen LogP contribution < -0.4 is 10.5 Å². The number of halogens is 2. The van der Waals surface area contributed by atoms with Crippen LogP contribution in [-0.2, 0) is 9.53 Å². The van der Waals surface area contributed by atoms with Crippen molar-refractivity contribution in [3.05, 3.63) is 28.0 Å². The predicted molar refractivity (Wildman–Crippen MR) is 64.2 cm³/mol. The lowest BCUT2D eigenvalue weighted by Crippen LogP contribution is -2.16. The van der Waals surface area contributed by atoms with Gasteiger partial charge in [0.15, 0.2) is 11.6 Å². The Bertz CT molecular complexity index is 425. The summed E-state index contributed by atoms with van der Waals surface area (Å²) in [4.78, 5) is 11.1. The Labute approximate surface area is 107 Å². The van der Waals surface area contributed by atoms with Gasteiger partial charge in [-0.1, -0.05) is 0 Å². The van der Waals surface area contributed by atoms with E-state index in [1.807, 2.05) is 0 Å². The van der Waals surface area contributed by atoms with Crippen molar-refractivity contribution < 1.29 is 18.7 Å². The van der Waals surface area contributed by atoms with Gasteiger partial charge in [-0.05, 0) is 33.6 Å². The Morgan fingerprint density at radius 3 is 2.71 bits per heavy atom. The van der Waals surface area contributed by atoms with Crippen LogP contribution >= 0.6 is 15.9 Å². The molecule has 0 bridgehead atoms. The Hall–Kier alpha value is -1.14. The molecule has 2 N–H and O–H groups in total. The molecule has 1 atom stereocenters. The molecule has 0 fully saturated rings. The van der Waals surface area contributed by atoms with Crippen molar-refractivity contribution in [2.75, 3.05) is 14.2 Å². The van der Waals surface area contributed by atoms with Crippen LogP contribution in [0.4, 0.5) is 4.39 Å². The Morgan fingerprint density at radius 1 is 1.53 bits per heavy atom. The van der Waals surface area contributed by atoms with Crippen LogP contribution in [0.3, 0.4) is 0 Å². The normalized spacial score (nSPS) is 12.1. The van der Waals surface area contributed by atoms with Crippen LogP contribution in [0.25, 0.3) is 0 Å². The first-order valence-electron chi connectivity index (χ1n) is 4.85. The summed E-state index contributed by atoms with van der Waals surface area (Å²) in [6.45, 7) is 0. The van der Waals surface area contributed by atoms with Gasteiger partial charge in [-0.25, -0.2) is 4.39 Å². The highest BCUT2D eigenvalue weighted by atomic mass is 79.9. The van der Waals surface area contributed by atoms with E-state index in [4.69, 9.17) is 10.5 Å². The molecule has 0 aromatic heterocycles. The molecule has 0 saturated carbocycles. The third-order valence-corrected chi connectivity index (χ3v) is 2.86. The van der Waals surface area contributed by atoms with Gasteiger partial charge in [0.25, 0.3) is 0 Å². The molecular formula is C11H13BrFNO3. The largest absolute Gasteiger partial charge is 0.494 e. The van der Waals surface area contributed by atoms with Crippen molar-refractivity contribution in [2.24, 2.45) is 5.73 Å². The van der Waals surface area contributed by atoms with Crippen LogP contribution in [0.15, 0.2) is 16.6 Å². The molecule has 4 nitrogen and oxygen atoms in total. The van der Waals surface area contributed by atoms with Crippen LogP contribution in [0.2, 0.25) is 0 Å². The number of nitrogens with two attached hydrogens (primary N) is 1. The van der Waals surface area contributed by atoms with E-state index < -0.39 is 17.8 Å². The van der Waals surface area contributed by atoms with Crippen molar-refractivity contribution in [1.29, 1.82) is 0 Å². The van der Waals surface area contributed by atoms with Crippen molar-refractivity contribution in [1.82, 2.24) is 0 Å². The number of hydrogen-bond donors (Lipinski definition) is 1. The Morgan fingerprint density at radius 2 is 2.18 bits per heavy atom. The zero-order valence-corrected chi connectivity index (χ0v) is 11.1. The van der Waals surface area contributed by atoms with E-state index >= 15 is 0 Å². The lowest BCUT2D eigenvalue weighted by Gasteiger charge is -2.13. The summed E-state index contributed by atoms with van der Waals surface area (Å²) in [6.07, 6.45) is 0.0255. The van der Waals surface area contributed by atoms with E-state index in [1.54, 1.807) is 0 Å². The minimum Gasteiger partial charge on any atom is -0.494 e. The number of esters is 1. The van der Waals surface area contributed by atoms with Gasteiger partial charge in [-0.3, -0.25) is 4.79 Å². The molecule has 0 radical (unpaired) electrons. The number of benzene rings is 1. The number of carbonyl (C=O) groups excluding carboxylic acids is 1. The second-order valence-corrected chi connectivity index (χ2v) is 4.26. The van der Waals surface area contributed by atoms with Gasteiger partial charge in [-0.15, -0.1) is 0 Å². The van der Waals surface area contributed by atoms with Gasteiger partial charge >= 0.3 is 5.97 Å². The molecule has 0 aliphatic rings. The monoisotopic (exact) mass is 305 g/mol. The van der Waals surface area contributed by atoms with Gasteiger partial charge in [-0.2, -0.15) is 0 Å². The molecule has 0 saturated heterocycles. The van der Waals surface area contributed by atoms with Gasteiger partial charge in [0.1, 0.15) is 0 Å². The summed E-state index contributed by atoms with van der Waals surface area (Å²) >= 11 is 3.06. The maximum atomic E-state index is 13.5. The van der Waals surface area contributed by atoms with Crippen molar-refractivity contribution in [3.8, 4) is 5.75 Å². The first-order chi connectivity index (χ1) is 7.99. The Kier molecular flexibility index (Phi) is 4.89. The van der Waals surface area contributed by atoms with E-state index in [1.165, 1.54) is 26.4 Å². The average molecular weight is 306 g/mol. The first-order valence-corrected chi connectivity index (χ1v) is 5.64. The molecule has 94 valence electrons. The molecule has 1 aromatic rings. The molecular weight excluding hydrogens is 293 g/mol. The maximum Gasteiger partial charge on any atom is 0.307 e. The molecule has 6 heteroatoms. The first kappa shape index (κ1) is 13.9. The molecule has 1 rings (SSSR count). The quantitative estimate of drug-likeness (QED) is 0.866. The lowest BCUT2D eigenvalue weighted by atomic mass is 10.0. The third-order valence-electron chi connectivity index (χ3n) is 2.28. The molecule has 1 aromatic carbocycles. The molecule has 0 aliphatic carbocycles. The van der Waals surface area contributed by atoms with E-state index in [2.05, 4.69) is 20.7 Å². The smallest absolute Gasteiger partial charge is 0.307 e. The zero-order valence-electron chi connectivity index (χ0n) is 9.50. The fourth-order valence-electron chi connectivity index (χ4n) is 1.33. The summed E-state index contributed by atoms with van der Waals surface area (Å²) in [5.41, 5.74) is 6.41. The molecule has 0 aliphatic heterocycles. The van der Waals surface area contributed by atoms with Crippen molar-refractivity contribution in [3.63, 3.8) is 0 Å². The van der Waals surface area contributed by atoms with E-state index in [0.29, 0.717) is 5.56 Å². The molecule has 1 unspecified atom stereocenters. The van der Waals surface area contributed by atoms with Crippen LogP contribution in [0, 0.1) is 5.82 Å². The van der Waals surface area contributed by atoms with Crippen LogP contribution in [0.5, 0.6) is 5.75 Å². The molecule has 0 heterocycles. The molecule has 17 heavy (non-hydrogen) atoms. The topological polar surface area (TPSA) is 61.5 Å². The fraction of sp³-hybridized carbons (Fsp3) is 0.364. The second-order valence-electron chi connectivity index (χ2n) is 3.41. The number of hydrogen-bond acceptors (Lipinski definition) is 4. The average Bonchev–Trinajstić information content (AvgIpc) is 2.32. The maximum absolute atomic E-state index is 13.5. The van der Waals surface area contributed by atoms with E-state index in [0.717, 1.165) is 0 Å². The van der Waals surface area contributed by atoms with E-state index in [-0.39, 0.29) is 16.6 Å². The fourth-order valence-corrected chi connectivity index (χ4v) is 1.79.